The molecule has 1 fully saturated rings. The first-order valence-electron chi connectivity index (χ1n) is 6.59. The van der Waals surface area contributed by atoms with E-state index >= 15 is 0 Å². The Hall–Kier alpha value is -0.930. The van der Waals surface area contributed by atoms with E-state index in [-0.39, 0.29) is 0 Å². The second-order valence-corrected chi connectivity index (χ2v) is 5.16. The highest BCUT2D eigenvalue weighted by atomic mass is 15.1. The van der Waals surface area contributed by atoms with E-state index in [1.165, 1.54) is 30.8 Å². The van der Waals surface area contributed by atoms with Crippen LogP contribution in [-0.2, 0) is 6.54 Å². The van der Waals surface area contributed by atoms with E-state index in [1.54, 1.807) is 0 Å². The van der Waals surface area contributed by atoms with Gasteiger partial charge in [0.25, 0.3) is 0 Å². The Balaban J connectivity index is 1.98. The van der Waals surface area contributed by atoms with Crippen LogP contribution in [0, 0.1) is 12.8 Å². The van der Waals surface area contributed by atoms with Gasteiger partial charge in [-0.15, -0.1) is 0 Å². The second-order valence-electron chi connectivity index (χ2n) is 5.16. The minimum absolute atomic E-state index is 0.722. The fraction of sp³-hybridized carbons (Fsp3) is 0.643. The Bertz CT molecular complexity index is 351. The van der Waals surface area contributed by atoms with Crippen LogP contribution in [-0.4, -0.2) is 36.1 Å². The molecule has 3 heteroatoms. The van der Waals surface area contributed by atoms with Gasteiger partial charge in [-0.3, -0.25) is 9.88 Å². The zero-order valence-corrected chi connectivity index (χ0v) is 10.9. The lowest BCUT2D eigenvalue weighted by atomic mass is 10.1. The third-order valence-electron chi connectivity index (χ3n) is 3.38. The highest BCUT2D eigenvalue weighted by Crippen LogP contribution is 2.11. The van der Waals surface area contributed by atoms with Gasteiger partial charge in [-0.25, -0.2) is 0 Å². The quantitative estimate of drug-likeness (QED) is 0.844. The van der Waals surface area contributed by atoms with Gasteiger partial charge < -0.3 is 5.32 Å². The molecular weight excluding hydrogens is 210 g/mol. The first-order chi connectivity index (χ1) is 8.25. The molecule has 0 radical (unpaired) electrons. The minimum atomic E-state index is 0.722. The Kier molecular flexibility index (Phi) is 4.51. The van der Waals surface area contributed by atoms with Crippen LogP contribution in [0.25, 0.3) is 0 Å². The fourth-order valence-corrected chi connectivity index (χ4v) is 2.41. The molecule has 3 nitrogen and oxygen atoms in total. The van der Waals surface area contributed by atoms with Gasteiger partial charge in [0.2, 0.25) is 0 Å². The van der Waals surface area contributed by atoms with Gasteiger partial charge in [-0.2, -0.15) is 0 Å². The van der Waals surface area contributed by atoms with Crippen LogP contribution in [0.4, 0.5) is 0 Å². The molecule has 1 unspecified atom stereocenters. The third kappa shape index (κ3) is 3.79. The highest BCUT2D eigenvalue weighted by Gasteiger charge is 2.14. The molecule has 1 aromatic heterocycles. The summed E-state index contributed by atoms with van der Waals surface area (Å²) in [6, 6.07) is 4.16. The summed E-state index contributed by atoms with van der Waals surface area (Å²) in [4.78, 5) is 7.04. The van der Waals surface area contributed by atoms with Crippen molar-refractivity contribution in [2.75, 3.05) is 26.2 Å². The molecule has 1 aliphatic rings. The first kappa shape index (κ1) is 12.5. The van der Waals surface area contributed by atoms with Crippen LogP contribution in [0.15, 0.2) is 18.3 Å². The summed E-state index contributed by atoms with van der Waals surface area (Å²) in [6.45, 7) is 10.1. The molecule has 17 heavy (non-hydrogen) atoms. The SMILES string of the molecule is Cc1cccnc1CN1CCCNCC(C)C1. The molecule has 0 bridgehead atoms. The van der Waals surface area contributed by atoms with Gasteiger partial charge in [0, 0.05) is 19.3 Å². The molecule has 94 valence electrons. The lowest BCUT2D eigenvalue weighted by Gasteiger charge is -2.28. The molecule has 1 saturated heterocycles. The van der Waals surface area contributed by atoms with E-state index in [1.807, 2.05) is 12.3 Å². The number of hydrogen-bond donors (Lipinski definition) is 1. The Labute approximate surface area is 104 Å². The molecule has 0 amide bonds. The Morgan fingerprint density at radius 3 is 3.24 bits per heavy atom. The monoisotopic (exact) mass is 233 g/mol. The number of aryl methyl sites for hydroxylation is 1. The Morgan fingerprint density at radius 2 is 2.41 bits per heavy atom. The van der Waals surface area contributed by atoms with E-state index in [0.29, 0.717) is 0 Å². The van der Waals surface area contributed by atoms with Gasteiger partial charge >= 0.3 is 0 Å². The lowest BCUT2D eigenvalue weighted by Crippen LogP contribution is -2.38. The van der Waals surface area contributed by atoms with Crippen molar-refractivity contribution in [1.29, 1.82) is 0 Å². The molecule has 1 atom stereocenters. The summed E-state index contributed by atoms with van der Waals surface area (Å²) < 4.78 is 0. The molecule has 2 heterocycles. The minimum Gasteiger partial charge on any atom is -0.316 e. The number of pyridine rings is 1. The van der Waals surface area contributed by atoms with Gasteiger partial charge in [0.05, 0.1) is 5.69 Å². The molecule has 0 aliphatic carbocycles. The summed E-state index contributed by atoms with van der Waals surface area (Å²) in [5, 5.41) is 3.49. The molecular formula is C14H23N3. The number of hydrogen-bond acceptors (Lipinski definition) is 3. The molecule has 0 saturated carbocycles. The maximum Gasteiger partial charge on any atom is 0.0573 e. The van der Waals surface area contributed by atoms with Crippen LogP contribution < -0.4 is 5.32 Å². The van der Waals surface area contributed by atoms with Crippen molar-refractivity contribution in [3.63, 3.8) is 0 Å². The lowest BCUT2D eigenvalue weighted by molar-refractivity contribution is 0.206. The summed E-state index contributed by atoms with van der Waals surface area (Å²) in [6.07, 6.45) is 3.13. The largest absolute Gasteiger partial charge is 0.316 e. The van der Waals surface area contributed by atoms with Crippen molar-refractivity contribution in [2.24, 2.45) is 5.92 Å². The van der Waals surface area contributed by atoms with E-state index in [9.17, 15) is 0 Å². The van der Waals surface area contributed by atoms with Crippen molar-refractivity contribution in [3.05, 3.63) is 29.6 Å². The van der Waals surface area contributed by atoms with E-state index in [2.05, 4.69) is 35.1 Å². The van der Waals surface area contributed by atoms with Crippen LogP contribution in [0.1, 0.15) is 24.6 Å². The van der Waals surface area contributed by atoms with Crippen LogP contribution >= 0.6 is 0 Å². The number of rotatable bonds is 2. The van der Waals surface area contributed by atoms with Crippen molar-refractivity contribution >= 4 is 0 Å². The van der Waals surface area contributed by atoms with Crippen molar-refractivity contribution in [1.82, 2.24) is 15.2 Å². The number of aromatic nitrogens is 1. The molecule has 0 aromatic carbocycles. The topological polar surface area (TPSA) is 28.2 Å². The first-order valence-corrected chi connectivity index (χ1v) is 6.59. The molecule has 2 rings (SSSR count). The van der Waals surface area contributed by atoms with Gasteiger partial charge in [-0.05, 0) is 50.5 Å². The van der Waals surface area contributed by atoms with E-state index in [4.69, 9.17) is 0 Å². The summed E-state index contributed by atoms with van der Waals surface area (Å²) >= 11 is 0. The average molecular weight is 233 g/mol. The average Bonchev–Trinajstić information content (AvgIpc) is 2.28. The van der Waals surface area contributed by atoms with E-state index < -0.39 is 0 Å². The number of nitrogens with zero attached hydrogens (tertiary/aromatic N) is 2. The molecule has 1 aliphatic heterocycles. The van der Waals surface area contributed by atoms with Crippen molar-refractivity contribution in [2.45, 2.75) is 26.8 Å². The summed E-state index contributed by atoms with van der Waals surface area (Å²) in [5.41, 5.74) is 2.54. The predicted molar refractivity (Wildman–Crippen MR) is 70.9 cm³/mol. The Morgan fingerprint density at radius 1 is 1.53 bits per heavy atom. The fourth-order valence-electron chi connectivity index (χ4n) is 2.41. The smallest absolute Gasteiger partial charge is 0.0573 e. The normalized spacial score (nSPS) is 23.1. The van der Waals surface area contributed by atoms with Crippen molar-refractivity contribution < 1.29 is 0 Å². The maximum atomic E-state index is 4.49. The zero-order chi connectivity index (χ0) is 12.1. The maximum absolute atomic E-state index is 4.49. The van der Waals surface area contributed by atoms with Crippen molar-refractivity contribution in [3.8, 4) is 0 Å². The third-order valence-corrected chi connectivity index (χ3v) is 3.38. The molecule has 1 N–H and O–H groups in total. The standard InChI is InChI=1S/C14H23N3/c1-12-9-15-6-4-8-17(10-12)11-14-13(2)5-3-7-16-14/h3,5,7,12,15H,4,6,8-11H2,1-2H3. The van der Waals surface area contributed by atoms with Gasteiger partial charge in [0.1, 0.15) is 0 Å². The van der Waals surface area contributed by atoms with E-state index in [0.717, 1.165) is 25.6 Å². The molecule has 0 spiro atoms. The summed E-state index contributed by atoms with van der Waals surface area (Å²) in [7, 11) is 0. The van der Waals surface area contributed by atoms with Crippen LogP contribution in [0.2, 0.25) is 0 Å². The second kappa shape index (κ2) is 6.12. The predicted octanol–water partition coefficient (Wildman–Crippen LogP) is 1.82. The number of nitrogens with one attached hydrogen (secondary N) is 1. The highest BCUT2D eigenvalue weighted by molar-refractivity contribution is 5.17. The molecule has 1 aromatic rings. The van der Waals surface area contributed by atoms with Gasteiger partial charge in [0.15, 0.2) is 0 Å². The van der Waals surface area contributed by atoms with Crippen LogP contribution in [0.5, 0.6) is 0 Å². The summed E-state index contributed by atoms with van der Waals surface area (Å²) in [5.74, 6) is 0.722. The zero-order valence-electron chi connectivity index (χ0n) is 10.9. The van der Waals surface area contributed by atoms with Crippen LogP contribution in [0.3, 0.4) is 0 Å². The van der Waals surface area contributed by atoms with Gasteiger partial charge in [-0.1, -0.05) is 13.0 Å².